The maximum absolute atomic E-state index is 12.9. The van der Waals surface area contributed by atoms with Crippen molar-refractivity contribution < 1.29 is 18.0 Å². The summed E-state index contributed by atoms with van der Waals surface area (Å²) in [6.45, 7) is 1.36. The topological polar surface area (TPSA) is 45.6 Å². The molecular formula is C18H16Cl2F3N3O2. The summed E-state index contributed by atoms with van der Waals surface area (Å²) >= 11 is 11.6. The summed E-state index contributed by atoms with van der Waals surface area (Å²) in [6.07, 6.45) is -4.04. The third-order valence-corrected chi connectivity index (χ3v) is 4.99. The molecule has 1 saturated heterocycles. The lowest BCUT2D eigenvalue weighted by molar-refractivity contribution is -0.138. The molecule has 1 amide bonds. The number of anilines is 1. The van der Waals surface area contributed by atoms with Gasteiger partial charge in [-0.25, -0.2) is 0 Å². The van der Waals surface area contributed by atoms with Crippen LogP contribution in [0.5, 0.6) is 0 Å². The van der Waals surface area contributed by atoms with Gasteiger partial charge < -0.3 is 14.4 Å². The molecule has 10 heteroatoms. The molecule has 2 heterocycles. The highest BCUT2D eigenvalue weighted by Gasteiger charge is 2.32. The third-order valence-electron chi connectivity index (χ3n) is 4.48. The molecule has 0 atom stereocenters. The number of carbonyl (C=O) groups is 1. The van der Waals surface area contributed by atoms with Crippen molar-refractivity contribution >= 4 is 34.8 Å². The van der Waals surface area contributed by atoms with Crippen LogP contribution in [0.15, 0.2) is 41.3 Å². The Bertz CT molecular complexity index is 938. The predicted octanol–water partition coefficient (Wildman–Crippen LogP) is 3.52. The Morgan fingerprint density at radius 2 is 1.75 bits per heavy atom. The zero-order chi connectivity index (χ0) is 20.5. The van der Waals surface area contributed by atoms with E-state index in [1.165, 1.54) is 4.90 Å². The van der Waals surface area contributed by atoms with E-state index in [9.17, 15) is 22.8 Å². The summed E-state index contributed by atoms with van der Waals surface area (Å²) in [7, 11) is 0. The summed E-state index contributed by atoms with van der Waals surface area (Å²) in [5, 5.41) is 0.0326. The largest absolute Gasteiger partial charge is 0.417 e. The van der Waals surface area contributed by atoms with Crippen LogP contribution in [0.2, 0.25) is 10.0 Å². The summed E-state index contributed by atoms with van der Waals surface area (Å²) in [6, 6.07) is 7.90. The van der Waals surface area contributed by atoms with Crippen LogP contribution in [-0.2, 0) is 17.5 Å². The van der Waals surface area contributed by atoms with Crippen LogP contribution in [0.1, 0.15) is 5.56 Å². The zero-order valence-electron chi connectivity index (χ0n) is 14.5. The van der Waals surface area contributed by atoms with Gasteiger partial charge >= 0.3 is 6.18 Å². The monoisotopic (exact) mass is 433 g/mol. The van der Waals surface area contributed by atoms with Crippen molar-refractivity contribution in [3.05, 3.63) is 62.5 Å². The summed E-state index contributed by atoms with van der Waals surface area (Å²) in [4.78, 5) is 28.1. The van der Waals surface area contributed by atoms with Crippen molar-refractivity contribution in [1.82, 2.24) is 9.47 Å². The number of amides is 1. The number of carbonyl (C=O) groups excluding carboxylic acids is 1. The fourth-order valence-corrected chi connectivity index (χ4v) is 3.41. The second kappa shape index (κ2) is 8.05. The van der Waals surface area contributed by atoms with E-state index in [-0.39, 0.29) is 0 Å². The average molecular weight is 434 g/mol. The molecule has 1 aliphatic heterocycles. The quantitative estimate of drug-likeness (QED) is 0.743. The van der Waals surface area contributed by atoms with Crippen molar-refractivity contribution in [2.45, 2.75) is 12.7 Å². The number of nitrogens with zero attached hydrogens (tertiary/aromatic N) is 3. The Balaban J connectivity index is 1.68. The van der Waals surface area contributed by atoms with Crippen molar-refractivity contribution in [3.8, 4) is 0 Å². The smallest absolute Gasteiger partial charge is 0.368 e. The molecule has 0 unspecified atom stereocenters. The second-order valence-electron chi connectivity index (χ2n) is 6.36. The standard InChI is InChI=1S/C18H16Cl2F3N3O2/c19-13-2-1-3-14(9-13)24-4-6-25(7-5-24)16(27)11-26-10-12(18(21,22)23)8-15(20)17(26)28/h1-3,8-10H,4-7,11H2. The van der Waals surface area contributed by atoms with Crippen LogP contribution in [0.3, 0.4) is 0 Å². The number of pyridine rings is 1. The molecule has 0 bridgehead atoms. The van der Waals surface area contributed by atoms with Gasteiger partial charge in [-0.1, -0.05) is 29.3 Å². The van der Waals surface area contributed by atoms with Crippen LogP contribution in [0.25, 0.3) is 0 Å². The molecule has 1 aromatic carbocycles. The first-order chi connectivity index (χ1) is 13.1. The van der Waals surface area contributed by atoms with Crippen LogP contribution in [-0.4, -0.2) is 41.6 Å². The van der Waals surface area contributed by atoms with Gasteiger partial charge in [-0.05, 0) is 24.3 Å². The minimum absolute atomic E-state index is 0.382. The molecule has 5 nitrogen and oxygen atoms in total. The molecule has 150 valence electrons. The number of aromatic nitrogens is 1. The van der Waals surface area contributed by atoms with Crippen LogP contribution in [0.4, 0.5) is 18.9 Å². The van der Waals surface area contributed by atoms with Gasteiger partial charge in [-0.3, -0.25) is 9.59 Å². The van der Waals surface area contributed by atoms with E-state index in [4.69, 9.17) is 23.2 Å². The number of hydrogen-bond acceptors (Lipinski definition) is 3. The molecule has 28 heavy (non-hydrogen) atoms. The number of alkyl halides is 3. The van der Waals surface area contributed by atoms with E-state index in [0.717, 1.165) is 5.69 Å². The van der Waals surface area contributed by atoms with E-state index in [2.05, 4.69) is 4.90 Å². The first kappa shape index (κ1) is 20.5. The lowest BCUT2D eigenvalue weighted by atomic mass is 10.2. The van der Waals surface area contributed by atoms with Gasteiger partial charge in [0, 0.05) is 43.1 Å². The Morgan fingerprint density at radius 1 is 1.07 bits per heavy atom. The van der Waals surface area contributed by atoms with Crippen molar-refractivity contribution in [2.24, 2.45) is 0 Å². The first-order valence-corrected chi connectivity index (χ1v) is 9.16. The highest BCUT2D eigenvalue weighted by molar-refractivity contribution is 6.31. The number of piperazine rings is 1. The lowest BCUT2D eigenvalue weighted by Crippen LogP contribution is -2.50. The van der Waals surface area contributed by atoms with Crippen molar-refractivity contribution in [2.75, 3.05) is 31.1 Å². The number of halogens is 5. The zero-order valence-corrected chi connectivity index (χ0v) is 16.1. The van der Waals surface area contributed by atoms with Crippen molar-refractivity contribution in [3.63, 3.8) is 0 Å². The molecular weight excluding hydrogens is 418 g/mol. The van der Waals surface area contributed by atoms with Crippen molar-refractivity contribution in [1.29, 1.82) is 0 Å². The molecule has 0 aliphatic carbocycles. The predicted molar refractivity (Wildman–Crippen MR) is 101 cm³/mol. The molecule has 1 fully saturated rings. The molecule has 0 spiro atoms. The van der Waals surface area contributed by atoms with Crippen LogP contribution < -0.4 is 10.5 Å². The first-order valence-electron chi connectivity index (χ1n) is 8.40. The SMILES string of the molecule is O=C(Cn1cc(C(F)(F)F)cc(Cl)c1=O)N1CCN(c2cccc(Cl)c2)CC1. The normalized spacial score (nSPS) is 15.0. The highest BCUT2D eigenvalue weighted by atomic mass is 35.5. The Labute approximate surface area is 168 Å². The van der Waals surface area contributed by atoms with E-state index in [1.807, 2.05) is 18.2 Å². The highest BCUT2D eigenvalue weighted by Crippen LogP contribution is 2.29. The van der Waals surface area contributed by atoms with Gasteiger partial charge in [-0.15, -0.1) is 0 Å². The van der Waals surface area contributed by atoms with Gasteiger partial charge in [0.1, 0.15) is 11.6 Å². The molecule has 2 aromatic rings. The van der Waals surface area contributed by atoms with Crippen LogP contribution in [0, 0.1) is 0 Å². The van der Waals surface area contributed by atoms with Gasteiger partial charge in [0.2, 0.25) is 5.91 Å². The Kier molecular flexibility index (Phi) is 5.90. The maximum atomic E-state index is 12.9. The molecule has 0 radical (unpaired) electrons. The molecule has 0 saturated carbocycles. The molecule has 1 aliphatic rings. The number of benzene rings is 1. The average Bonchev–Trinajstić information content (AvgIpc) is 2.64. The van der Waals surface area contributed by atoms with Gasteiger partial charge in [-0.2, -0.15) is 13.2 Å². The minimum Gasteiger partial charge on any atom is -0.368 e. The second-order valence-corrected chi connectivity index (χ2v) is 7.20. The Morgan fingerprint density at radius 3 is 2.36 bits per heavy atom. The molecule has 1 aromatic heterocycles. The fraction of sp³-hybridized carbons (Fsp3) is 0.333. The van der Waals surface area contributed by atoms with Gasteiger partial charge in [0.05, 0.1) is 5.56 Å². The van der Waals surface area contributed by atoms with E-state index in [1.54, 1.807) is 6.07 Å². The van der Waals surface area contributed by atoms with Gasteiger partial charge in [0.15, 0.2) is 0 Å². The van der Waals surface area contributed by atoms with E-state index >= 15 is 0 Å². The number of hydrogen-bond donors (Lipinski definition) is 0. The van der Waals surface area contributed by atoms with E-state index in [0.29, 0.717) is 48.0 Å². The lowest BCUT2D eigenvalue weighted by Gasteiger charge is -2.36. The van der Waals surface area contributed by atoms with E-state index < -0.39 is 34.8 Å². The summed E-state index contributed by atoms with van der Waals surface area (Å²) in [5.74, 6) is -0.441. The molecule has 0 N–H and O–H groups in total. The summed E-state index contributed by atoms with van der Waals surface area (Å²) in [5.41, 5.74) is -0.975. The molecule has 3 rings (SSSR count). The minimum atomic E-state index is -4.66. The van der Waals surface area contributed by atoms with Gasteiger partial charge in [0.25, 0.3) is 5.56 Å². The summed E-state index contributed by atoms with van der Waals surface area (Å²) < 4.78 is 39.5. The maximum Gasteiger partial charge on any atom is 0.417 e. The fourth-order valence-electron chi connectivity index (χ4n) is 3.00. The third kappa shape index (κ3) is 4.62. The number of rotatable bonds is 3. The van der Waals surface area contributed by atoms with Crippen LogP contribution >= 0.6 is 23.2 Å². The Hall–Kier alpha value is -2.19.